The molecular weight excluding hydrogens is 530 g/mol. The molecule has 3 N–H and O–H groups in total. The molecule has 11 heteroatoms. The minimum absolute atomic E-state index is 0.00825. The van der Waals surface area contributed by atoms with Gasteiger partial charge in [-0.3, -0.25) is 9.52 Å². The zero-order valence-corrected chi connectivity index (χ0v) is 24.1. The summed E-state index contributed by atoms with van der Waals surface area (Å²) in [6, 6.07) is 11.3. The third kappa shape index (κ3) is 6.71. The Kier molecular flexibility index (Phi) is 9.59. The van der Waals surface area contributed by atoms with E-state index in [9.17, 15) is 13.2 Å². The van der Waals surface area contributed by atoms with E-state index < -0.39 is 10.0 Å². The van der Waals surface area contributed by atoms with Crippen LogP contribution >= 0.6 is 0 Å². The van der Waals surface area contributed by atoms with Gasteiger partial charge in [0.25, 0.3) is 15.6 Å². The van der Waals surface area contributed by atoms with Crippen LogP contribution in [0.1, 0.15) is 63.0 Å². The smallest absolute Gasteiger partial charge is 0.277 e. The fraction of sp³-hybridized carbons (Fsp3) is 0.414. The Morgan fingerprint density at radius 2 is 1.77 bits per heavy atom. The Labute approximate surface area is 234 Å². The Bertz CT molecular complexity index is 1610. The van der Waals surface area contributed by atoms with Gasteiger partial charge < -0.3 is 14.8 Å². The number of aromatic nitrogens is 4. The summed E-state index contributed by atoms with van der Waals surface area (Å²) in [5, 5.41) is 13.8. The van der Waals surface area contributed by atoms with Gasteiger partial charge in [-0.05, 0) is 62.6 Å². The number of benzene rings is 2. The number of imidazole rings is 1. The van der Waals surface area contributed by atoms with E-state index in [0.29, 0.717) is 53.5 Å². The van der Waals surface area contributed by atoms with Crippen molar-refractivity contribution < 1.29 is 18.3 Å². The maximum Gasteiger partial charge on any atom is 0.277 e. The van der Waals surface area contributed by atoms with E-state index in [1.807, 2.05) is 6.92 Å². The number of hydrogen-bond donors (Lipinski definition) is 3. The first kappa shape index (κ1) is 29.3. The number of hydrogen-bond acceptors (Lipinski definition) is 7. The van der Waals surface area contributed by atoms with Gasteiger partial charge in [0.1, 0.15) is 11.6 Å². The predicted molar refractivity (Wildman–Crippen MR) is 155 cm³/mol. The summed E-state index contributed by atoms with van der Waals surface area (Å²) in [4.78, 5) is 20.6. The number of aliphatic hydroxyl groups excluding tert-OH is 1. The third-order valence-electron chi connectivity index (χ3n) is 6.67. The molecule has 0 fully saturated rings. The van der Waals surface area contributed by atoms with E-state index in [1.54, 1.807) is 41.8 Å². The van der Waals surface area contributed by atoms with Crippen molar-refractivity contribution in [2.24, 2.45) is 0 Å². The van der Waals surface area contributed by atoms with E-state index in [2.05, 4.69) is 21.6 Å². The second-order valence-electron chi connectivity index (χ2n) is 9.71. The van der Waals surface area contributed by atoms with Gasteiger partial charge in [0, 0.05) is 18.7 Å². The number of unbranched alkanes of at least 4 members (excludes halogenated alkanes) is 4. The van der Waals surface area contributed by atoms with Crippen LogP contribution in [0.25, 0.3) is 16.9 Å². The standard InChI is InChI=1S/C29H37N5O5S/c1-4-6-7-8-9-10-26-30-20(3)27-29(36)31-28(32-34(26)27)24-19-23(15-16-25(24)39-5-2)40(37,38)33-22-13-11-21(12-14-22)17-18-35/h11-16,19,33,35H,4-10,17-18H2,1-3H3,(H,31,32,36). The predicted octanol–water partition coefficient (Wildman–Crippen LogP) is 4.64. The molecule has 10 nitrogen and oxygen atoms in total. The van der Waals surface area contributed by atoms with Crippen LogP contribution in [0.3, 0.4) is 0 Å². The maximum atomic E-state index is 13.3. The molecule has 0 spiro atoms. The number of aromatic amines is 1. The van der Waals surface area contributed by atoms with Gasteiger partial charge in [0.05, 0.1) is 22.8 Å². The van der Waals surface area contributed by atoms with Crippen LogP contribution in [0.4, 0.5) is 5.69 Å². The number of ether oxygens (including phenoxy) is 1. The van der Waals surface area contributed by atoms with Crippen LogP contribution in [-0.4, -0.2) is 46.3 Å². The highest BCUT2D eigenvalue weighted by Crippen LogP contribution is 2.31. The number of nitrogens with zero attached hydrogens (tertiary/aromatic N) is 3. The van der Waals surface area contributed by atoms with Crippen molar-refractivity contribution in [3.05, 3.63) is 69.9 Å². The zero-order chi connectivity index (χ0) is 28.7. The normalized spacial score (nSPS) is 11.7. The molecule has 0 saturated heterocycles. The van der Waals surface area contributed by atoms with Gasteiger partial charge in [-0.15, -0.1) is 5.10 Å². The lowest BCUT2D eigenvalue weighted by atomic mass is 10.1. The highest BCUT2D eigenvalue weighted by Gasteiger charge is 2.21. The summed E-state index contributed by atoms with van der Waals surface area (Å²) in [5.74, 6) is 1.29. The van der Waals surface area contributed by atoms with Crippen LogP contribution in [0.2, 0.25) is 0 Å². The van der Waals surface area contributed by atoms with Crippen LogP contribution in [-0.2, 0) is 22.9 Å². The summed E-state index contributed by atoms with van der Waals surface area (Å²) < 4.78 is 36.5. The van der Waals surface area contributed by atoms with Gasteiger partial charge in [0.2, 0.25) is 0 Å². The number of rotatable bonds is 14. The second kappa shape index (κ2) is 13.1. The van der Waals surface area contributed by atoms with Crippen LogP contribution in [0, 0.1) is 6.92 Å². The topological polar surface area (TPSA) is 139 Å². The maximum absolute atomic E-state index is 13.3. The average Bonchev–Trinajstić information content (AvgIpc) is 3.25. The molecule has 0 aliphatic rings. The first-order valence-corrected chi connectivity index (χ1v) is 15.2. The Morgan fingerprint density at radius 1 is 1.02 bits per heavy atom. The first-order valence-electron chi connectivity index (χ1n) is 13.8. The number of H-pyrrole nitrogens is 1. The van der Waals surface area contributed by atoms with Crippen molar-refractivity contribution in [2.45, 2.75) is 70.6 Å². The molecule has 0 aliphatic heterocycles. The van der Waals surface area contributed by atoms with E-state index in [4.69, 9.17) is 14.9 Å². The summed E-state index contributed by atoms with van der Waals surface area (Å²) in [6.45, 7) is 6.14. The summed E-state index contributed by atoms with van der Waals surface area (Å²) in [5.41, 5.74) is 2.25. The monoisotopic (exact) mass is 567 g/mol. The van der Waals surface area contributed by atoms with E-state index in [-0.39, 0.29) is 22.9 Å². The SMILES string of the molecule is CCCCCCCc1nc(C)c2c(=O)[nH]c(-c3cc(S(=O)(=O)Nc4ccc(CCO)cc4)ccc3OCC)nn12. The van der Waals surface area contributed by atoms with Crippen molar-refractivity contribution >= 4 is 21.2 Å². The van der Waals surface area contributed by atoms with Crippen molar-refractivity contribution in [3.8, 4) is 17.1 Å². The molecule has 4 rings (SSSR count). The van der Waals surface area contributed by atoms with Crippen LogP contribution in [0.15, 0.2) is 52.2 Å². The lowest BCUT2D eigenvalue weighted by molar-refractivity contribution is 0.299. The lowest BCUT2D eigenvalue weighted by Gasteiger charge is -2.14. The molecule has 2 heterocycles. The fourth-order valence-electron chi connectivity index (χ4n) is 4.63. The average molecular weight is 568 g/mol. The summed E-state index contributed by atoms with van der Waals surface area (Å²) >= 11 is 0. The summed E-state index contributed by atoms with van der Waals surface area (Å²) in [6.07, 6.45) is 6.68. The molecule has 214 valence electrons. The van der Waals surface area contributed by atoms with Crippen molar-refractivity contribution in [3.63, 3.8) is 0 Å². The van der Waals surface area contributed by atoms with Crippen molar-refractivity contribution in [1.82, 2.24) is 19.6 Å². The highest BCUT2D eigenvalue weighted by molar-refractivity contribution is 7.92. The number of sulfonamides is 1. The molecule has 2 aromatic carbocycles. The molecule has 0 radical (unpaired) electrons. The number of aryl methyl sites for hydroxylation is 2. The van der Waals surface area contributed by atoms with E-state index in [1.165, 1.54) is 18.6 Å². The van der Waals surface area contributed by atoms with Crippen molar-refractivity contribution in [2.75, 3.05) is 17.9 Å². The molecular formula is C29H37N5O5S. The number of aliphatic hydroxyl groups is 1. The zero-order valence-electron chi connectivity index (χ0n) is 23.2. The minimum Gasteiger partial charge on any atom is -0.493 e. The van der Waals surface area contributed by atoms with Crippen LogP contribution < -0.4 is 15.0 Å². The highest BCUT2D eigenvalue weighted by atomic mass is 32.2. The molecule has 4 aromatic rings. The Morgan fingerprint density at radius 3 is 2.48 bits per heavy atom. The van der Waals surface area contributed by atoms with E-state index in [0.717, 1.165) is 31.2 Å². The quantitative estimate of drug-likeness (QED) is 0.189. The van der Waals surface area contributed by atoms with Gasteiger partial charge in [-0.1, -0.05) is 44.7 Å². The van der Waals surface area contributed by atoms with Crippen LogP contribution in [0.5, 0.6) is 5.75 Å². The minimum atomic E-state index is -3.97. The lowest BCUT2D eigenvalue weighted by Crippen LogP contribution is -2.17. The van der Waals surface area contributed by atoms with Gasteiger partial charge in [-0.25, -0.2) is 17.9 Å². The summed E-state index contributed by atoms with van der Waals surface area (Å²) in [7, 11) is -3.97. The molecule has 0 amide bonds. The Balaban J connectivity index is 1.71. The molecule has 0 unspecified atom stereocenters. The van der Waals surface area contributed by atoms with Crippen molar-refractivity contribution in [1.29, 1.82) is 0 Å². The van der Waals surface area contributed by atoms with Gasteiger partial charge >= 0.3 is 0 Å². The number of anilines is 1. The molecule has 40 heavy (non-hydrogen) atoms. The van der Waals surface area contributed by atoms with Gasteiger partial charge in [0.15, 0.2) is 11.3 Å². The van der Waals surface area contributed by atoms with Gasteiger partial charge in [-0.2, -0.15) is 0 Å². The fourth-order valence-corrected chi connectivity index (χ4v) is 5.72. The molecule has 2 aromatic heterocycles. The molecule has 0 saturated carbocycles. The Hall–Kier alpha value is -3.70. The number of nitrogens with one attached hydrogen (secondary N) is 2. The number of fused-ring (bicyclic) bond motifs is 1. The third-order valence-corrected chi connectivity index (χ3v) is 8.05. The second-order valence-corrected chi connectivity index (χ2v) is 11.4. The molecule has 0 aliphatic carbocycles. The molecule has 0 atom stereocenters. The molecule has 0 bridgehead atoms. The first-order chi connectivity index (χ1) is 19.3. The largest absolute Gasteiger partial charge is 0.493 e. The van der Waals surface area contributed by atoms with E-state index >= 15 is 0 Å².